The number of nitrogens with zero attached hydrogens (tertiary/aromatic N) is 2. The molecule has 0 amide bonds. The van der Waals surface area contributed by atoms with Gasteiger partial charge in [0.05, 0.1) is 21.4 Å². The standard InChI is InChI=1S/C17H16N2O6S/c1-11-10-15(17(20)21)14-4-2-3-5-16(14)18(11)26(24,25)13-8-6-12(7-9-13)19(22)23/h2-9,11,15H,10H2,1H3,(H,20,21). The van der Waals surface area contributed by atoms with Crippen molar-refractivity contribution in [2.45, 2.75) is 30.2 Å². The van der Waals surface area contributed by atoms with Crippen molar-refractivity contribution >= 4 is 27.4 Å². The first-order chi connectivity index (χ1) is 12.2. The number of sulfonamides is 1. The fourth-order valence-electron chi connectivity index (χ4n) is 3.24. The number of hydrogen-bond acceptors (Lipinski definition) is 5. The van der Waals surface area contributed by atoms with Crippen LogP contribution < -0.4 is 4.31 Å². The van der Waals surface area contributed by atoms with Crippen molar-refractivity contribution in [3.8, 4) is 0 Å². The van der Waals surface area contributed by atoms with Crippen LogP contribution in [0.25, 0.3) is 0 Å². The number of hydrogen-bond donors (Lipinski definition) is 1. The average molecular weight is 376 g/mol. The van der Waals surface area contributed by atoms with Gasteiger partial charge >= 0.3 is 5.97 Å². The molecule has 9 heteroatoms. The van der Waals surface area contributed by atoms with Crippen LogP contribution in [-0.2, 0) is 14.8 Å². The first-order valence-electron chi connectivity index (χ1n) is 7.84. The number of carboxylic acid groups (broad SMARTS) is 1. The average Bonchev–Trinajstić information content (AvgIpc) is 2.60. The Kier molecular flexibility index (Phi) is 4.41. The largest absolute Gasteiger partial charge is 0.481 e. The minimum absolute atomic E-state index is 0.0847. The van der Waals surface area contributed by atoms with E-state index in [2.05, 4.69) is 0 Å². The minimum atomic E-state index is -4.00. The summed E-state index contributed by atoms with van der Waals surface area (Å²) in [5.41, 5.74) is 0.544. The molecule has 0 radical (unpaired) electrons. The van der Waals surface area contributed by atoms with E-state index in [1.165, 1.54) is 16.4 Å². The van der Waals surface area contributed by atoms with Crippen LogP contribution in [0.2, 0.25) is 0 Å². The number of para-hydroxylation sites is 1. The van der Waals surface area contributed by atoms with Crippen molar-refractivity contribution < 1.29 is 23.2 Å². The number of fused-ring (bicyclic) bond motifs is 1. The van der Waals surface area contributed by atoms with Gasteiger partial charge < -0.3 is 5.11 Å². The zero-order valence-corrected chi connectivity index (χ0v) is 14.6. The number of aliphatic carboxylic acids is 1. The topological polar surface area (TPSA) is 118 Å². The van der Waals surface area contributed by atoms with Crippen molar-refractivity contribution in [2.75, 3.05) is 4.31 Å². The quantitative estimate of drug-likeness (QED) is 0.647. The monoisotopic (exact) mass is 376 g/mol. The van der Waals surface area contributed by atoms with Crippen LogP contribution in [0.3, 0.4) is 0 Å². The third kappa shape index (κ3) is 2.90. The highest BCUT2D eigenvalue weighted by Crippen LogP contribution is 2.41. The lowest BCUT2D eigenvalue weighted by Crippen LogP contribution is -2.44. The van der Waals surface area contributed by atoms with Gasteiger partial charge in [-0.2, -0.15) is 0 Å². The van der Waals surface area contributed by atoms with Crippen LogP contribution in [0.4, 0.5) is 11.4 Å². The lowest BCUT2D eigenvalue weighted by molar-refractivity contribution is -0.384. The number of nitro groups is 1. The molecule has 1 aliphatic rings. The molecule has 1 N–H and O–H groups in total. The zero-order chi connectivity index (χ0) is 19.1. The van der Waals surface area contributed by atoms with Crippen LogP contribution in [0.15, 0.2) is 53.4 Å². The molecule has 136 valence electrons. The van der Waals surface area contributed by atoms with Gasteiger partial charge in [0.2, 0.25) is 0 Å². The normalized spacial score (nSPS) is 19.7. The number of rotatable bonds is 4. The van der Waals surface area contributed by atoms with Gasteiger partial charge in [-0.15, -0.1) is 0 Å². The summed E-state index contributed by atoms with van der Waals surface area (Å²) >= 11 is 0. The molecule has 0 bridgehead atoms. The maximum Gasteiger partial charge on any atom is 0.311 e. The molecule has 2 aromatic carbocycles. The van der Waals surface area contributed by atoms with Crippen molar-refractivity contribution in [1.29, 1.82) is 0 Å². The van der Waals surface area contributed by atoms with Crippen molar-refractivity contribution in [3.63, 3.8) is 0 Å². The van der Waals surface area contributed by atoms with Gasteiger partial charge in [-0.25, -0.2) is 8.42 Å². The smallest absolute Gasteiger partial charge is 0.311 e. The van der Waals surface area contributed by atoms with E-state index in [0.717, 1.165) is 12.1 Å². The van der Waals surface area contributed by atoms with Gasteiger partial charge in [0, 0.05) is 18.2 Å². The SMILES string of the molecule is CC1CC(C(=O)O)c2ccccc2N1S(=O)(=O)c1ccc([N+](=O)[O-])cc1. The van der Waals surface area contributed by atoms with E-state index >= 15 is 0 Å². The van der Waals surface area contributed by atoms with E-state index < -0.39 is 32.9 Å². The van der Waals surface area contributed by atoms with Gasteiger partial charge in [0.1, 0.15) is 0 Å². The van der Waals surface area contributed by atoms with Crippen LogP contribution in [0.5, 0.6) is 0 Å². The molecule has 0 aromatic heterocycles. The highest BCUT2D eigenvalue weighted by atomic mass is 32.2. The summed E-state index contributed by atoms with van der Waals surface area (Å²) in [5.74, 6) is -1.79. The highest BCUT2D eigenvalue weighted by Gasteiger charge is 2.40. The van der Waals surface area contributed by atoms with Crippen molar-refractivity contribution in [3.05, 3.63) is 64.2 Å². The van der Waals surface area contributed by atoms with Crippen LogP contribution >= 0.6 is 0 Å². The number of anilines is 1. The Morgan fingerprint density at radius 3 is 2.38 bits per heavy atom. The van der Waals surface area contributed by atoms with Gasteiger partial charge in [-0.05, 0) is 37.1 Å². The number of non-ortho nitro benzene ring substituents is 1. The lowest BCUT2D eigenvalue weighted by Gasteiger charge is -2.38. The number of carboxylic acids is 1. The minimum Gasteiger partial charge on any atom is -0.481 e. The van der Waals surface area contributed by atoms with E-state index in [4.69, 9.17) is 0 Å². The van der Waals surface area contributed by atoms with Gasteiger partial charge in [0.15, 0.2) is 0 Å². The molecule has 26 heavy (non-hydrogen) atoms. The summed E-state index contributed by atoms with van der Waals surface area (Å²) in [6.45, 7) is 1.65. The predicted molar refractivity (Wildman–Crippen MR) is 93.7 cm³/mol. The molecular formula is C17H16N2O6S. The number of carbonyl (C=O) groups is 1. The molecule has 1 heterocycles. The molecule has 1 aliphatic heterocycles. The number of nitro benzene ring substituents is 1. The molecule has 2 unspecified atom stereocenters. The van der Waals surface area contributed by atoms with E-state index in [-0.39, 0.29) is 17.0 Å². The summed E-state index contributed by atoms with van der Waals surface area (Å²) in [7, 11) is -4.00. The van der Waals surface area contributed by atoms with Crippen molar-refractivity contribution in [2.24, 2.45) is 0 Å². The molecule has 0 saturated heterocycles. The molecule has 8 nitrogen and oxygen atoms in total. The Morgan fingerprint density at radius 1 is 1.19 bits per heavy atom. The summed E-state index contributed by atoms with van der Waals surface area (Å²) in [6.07, 6.45) is 0.137. The fraction of sp³-hybridized carbons (Fsp3) is 0.235. The van der Waals surface area contributed by atoms with E-state index in [9.17, 15) is 28.4 Å². The Bertz CT molecular complexity index is 971. The predicted octanol–water partition coefficient (Wildman–Crippen LogP) is 2.75. The molecule has 0 fully saturated rings. The van der Waals surface area contributed by atoms with Crippen LogP contribution in [0.1, 0.15) is 24.8 Å². The first kappa shape index (κ1) is 17.9. The van der Waals surface area contributed by atoms with Crippen LogP contribution in [0, 0.1) is 10.1 Å². The van der Waals surface area contributed by atoms with Gasteiger partial charge in [0.25, 0.3) is 15.7 Å². The Morgan fingerprint density at radius 2 is 1.81 bits per heavy atom. The van der Waals surface area contributed by atoms with E-state index in [1.807, 2.05) is 0 Å². The molecular weight excluding hydrogens is 360 g/mol. The lowest BCUT2D eigenvalue weighted by atomic mass is 9.87. The second kappa shape index (κ2) is 6.41. The van der Waals surface area contributed by atoms with Gasteiger partial charge in [-0.1, -0.05) is 18.2 Å². The van der Waals surface area contributed by atoms with E-state index in [1.54, 1.807) is 31.2 Å². The summed E-state index contributed by atoms with van der Waals surface area (Å²) in [4.78, 5) is 21.6. The van der Waals surface area contributed by atoms with Crippen LogP contribution in [-0.4, -0.2) is 30.5 Å². The molecule has 3 rings (SSSR count). The maximum absolute atomic E-state index is 13.1. The summed E-state index contributed by atoms with van der Waals surface area (Å²) in [6, 6.07) is 10.6. The Labute approximate surface area is 149 Å². The Balaban J connectivity index is 2.10. The van der Waals surface area contributed by atoms with Gasteiger partial charge in [-0.3, -0.25) is 19.2 Å². The molecule has 0 aliphatic carbocycles. The second-order valence-corrected chi connectivity index (χ2v) is 7.90. The molecule has 2 aromatic rings. The van der Waals surface area contributed by atoms with Crippen molar-refractivity contribution in [1.82, 2.24) is 0 Å². The zero-order valence-electron chi connectivity index (χ0n) is 13.8. The molecule has 0 saturated carbocycles. The maximum atomic E-state index is 13.1. The summed E-state index contributed by atoms with van der Waals surface area (Å²) in [5, 5.41) is 20.2. The fourth-order valence-corrected chi connectivity index (χ4v) is 4.93. The third-order valence-corrected chi connectivity index (χ3v) is 6.37. The highest BCUT2D eigenvalue weighted by molar-refractivity contribution is 7.92. The third-order valence-electron chi connectivity index (χ3n) is 4.43. The molecule has 0 spiro atoms. The summed E-state index contributed by atoms with van der Waals surface area (Å²) < 4.78 is 27.5. The Hall–Kier alpha value is -2.94. The molecule has 2 atom stereocenters. The first-order valence-corrected chi connectivity index (χ1v) is 9.28. The second-order valence-electron chi connectivity index (χ2n) is 6.09. The number of benzene rings is 2. The van der Waals surface area contributed by atoms with E-state index in [0.29, 0.717) is 11.3 Å².